The summed E-state index contributed by atoms with van der Waals surface area (Å²) in [5, 5.41) is 3.21. The van der Waals surface area contributed by atoms with E-state index in [-0.39, 0.29) is 11.9 Å². The molecule has 0 radical (unpaired) electrons. The minimum Gasteiger partial charge on any atom is -0.497 e. The highest BCUT2D eigenvalue weighted by atomic mass is 16.5. The largest absolute Gasteiger partial charge is 0.497 e. The number of carbonyl (C=O) groups is 1. The molecule has 0 aromatic heterocycles. The fourth-order valence-corrected chi connectivity index (χ4v) is 3.72. The third kappa shape index (κ3) is 4.80. The molecule has 27 heavy (non-hydrogen) atoms. The second kappa shape index (κ2) is 8.91. The van der Waals surface area contributed by atoms with Crippen molar-refractivity contribution in [3.63, 3.8) is 0 Å². The van der Waals surface area contributed by atoms with Gasteiger partial charge in [0.2, 0.25) is 5.91 Å². The number of ether oxygens (including phenoxy) is 2. The number of hydrogen-bond donors (Lipinski definition) is 1. The van der Waals surface area contributed by atoms with Crippen molar-refractivity contribution in [3.05, 3.63) is 59.2 Å². The van der Waals surface area contributed by atoms with E-state index in [4.69, 9.17) is 9.47 Å². The summed E-state index contributed by atoms with van der Waals surface area (Å²) in [7, 11) is 5.22. The second-order valence-corrected chi connectivity index (χ2v) is 7.06. The molecule has 1 aliphatic rings. The van der Waals surface area contributed by atoms with Gasteiger partial charge < -0.3 is 14.8 Å². The molecule has 3 rings (SSSR count). The van der Waals surface area contributed by atoms with Gasteiger partial charge in [-0.1, -0.05) is 30.3 Å². The number of carbonyl (C=O) groups excluding carboxylic acids is 1. The Hall–Kier alpha value is -2.53. The first kappa shape index (κ1) is 19.2. The van der Waals surface area contributed by atoms with E-state index in [0.717, 1.165) is 36.3 Å². The van der Waals surface area contributed by atoms with Gasteiger partial charge in [0.1, 0.15) is 11.5 Å². The van der Waals surface area contributed by atoms with Crippen molar-refractivity contribution in [2.45, 2.75) is 31.8 Å². The van der Waals surface area contributed by atoms with Gasteiger partial charge in [-0.15, -0.1) is 0 Å². The minimum atomic E-state index is 0.0479. The van der Waals surface area contributed by atoms with E-state index in [0.29, 0.717) is 13.1 Å². The van der Waals surface area contributed by atoms with E-state index in [2.05, 4.69) is 23.5 Å². The van der Waals surface area contributed by atoms with Gasteiger partial charge in [-0.2, -0.15) is 0 Å². The van der Waals surface area contributed by atoms with Crippen LogP contribution < -0.4 is 14.8 Å². The smallest absolute Gasteiger partial charge is 0.234 e. The summed E-state index contributed by atoms with van der Waals surface area (Å²) < 4.78 is 10.7. The molecule has 1 atom stereocenters. The third-order valence-corrected chi connectivity index (χ3v) is 5.05. The fourth-order valence-electron chi connectivity index (χ4n) is 3.72. The number of fused-ring (bicyclic) bond motifs is 1. The Morgan fingerprint density at radius 3 is 2.78 bits per heavy atom. The van der Waals surface area contributed by atoms with Crippen molar-refractivity contribution >= 4 is 5.91 Å². The van der Waals surface area contributed by atoms with E-state index >= 15 is 0 Å². The van der Waals surface area contributed by atoms with Gasteiger partial charge in [-0.25, -0.2) is 0 Å². The lowest BCUT2D eigenvalue weighted by Crippen LogP contribution is -2.38. The summed E-state index contributed by atoms with van der Waals surface area (Å²) in [6, 6.07) is 14.3. The highest BCUT2D eigenvalue weighted by Crippen LogP contribution is 2.29. The maximum atomic E-state index is 12.6. The van der Waals surface area contributed by atoms with Gasteiger partial charge in [-0.3, -0.25) is 9.69 Å². The lowest BCUT2D eigenvalue weighted by atomic mass is 9.88. The number of benzene rings is 2. The van der Waals surface area contributed by atoms with Crippen molar-refractivity contribution in [1.29, 1.82) is 0 Å². The van der Waals surface area contributed by atoms with Crippen LogP contribution >= 0.6 is 0 Å². The Kier molecular flexibility index (Phi) is 6.35. The number of hydrogen-bond acceptors (Lipinski definition) is 4. The fraction of sp³-hybridized carbons (Fsp3) is 0.409. The Morgan fingerprint density at radius 1 is 1.19 bits per heavy atom. The van der Waals surface area contributed by atoms with Gasteiger partial charge in [0.15, 0.2) is 0 Å². The summed E-state index contributed by atoms with van der Waals surface area (Å²) in [6.45, 7) is 0.968. The molecular weight excluding hydrogens is 340 g/mol. The van der Waals surface area contributed by atoms with Crippen LogP contribution in [0.4, 0.5) is 0 Å². The SMILES string of the molecule is COc1ccc(CN(C)CC(=O)N[C@@H]2CCCc3ccccc32)c(OC)c1. The summed E-state index contributed by atoms with van der Waals surface area (Å²) in [5.74, 6) is 1.57. The minimum absolute atomic E-state index is 0.0479. The molecule has 2 aromatic rings. The molecule has 144 valence electrons. The van der Waals surface area contributed by atoms with E-state index in [1.165, 1.54) is 11.1 Å². The maximum absolute atomic E-state index is 12.6. The monoisotopic (exact) mass is 368 g/mol. The zero-order valence-electron chi connectivity index (χ0n) is 16.3. The number of amides is 1. The first-order valence-corrected chi connectivity index (χ1v) is 9.37. The lowest BCUT2D eigenvalue weighted by molar-refractivity contribution is -0.122. The van der Waals surface area contributed by atoms with Crippen LogP contribution in [0.1, 0.15) is 35.6 Å². The molecule has 0 bridgehead atoms. The van der Waals surface area contributed by atoms with Crippen LogP contribution in [0.5, 0.6) is 11.5 Å². The molecule has 0 heterocycles. The van der Waals surface area contributed by atoms with E-state index in [1.807, 2.05) is 36.2 Å². The van der Waals surface area contributed by atoms with Crippen LogP contribution in [0.15, 0.2) is 42.5 Å². The van der Waals surface area contributed by atoms with Gasteiger partial charge in [-0.05, 0) is 43.5 Å². The normalized spacial score (nSPS) is 15.9. The summed E-state index contributed by atoms with van der Waals surface area (Å²) in [5.41, 5.74) is 3.64. The third-order valence-electron chi connectivity index (χ3n) is 5.05. The lowest BCUT2D eigenvalue weighted by Gasteiger charge is -2.27. The predicted molar refractivity (Wildman–Crippen MR) is 106 cm³/mol. The van der Waals surface area contributed by atoms with Gasteiger partial charge >= 0.3 is 0 Å². The van der Waals surface area contributed by atoms with Crippen molar-refractivity contribution in [1.82, 2.24) is 10.2 Å². The highest BCUT2D eigenvalue weighted by molar-refractivity contribution is 5.78. The first-order chi connectivity index (χ1) is 13.1. The highest BCUT2D eigenvalue weighted by Gasteiger charge is 2.22. The van der Waals surface area contributed by atoms with Gasteiger partial charge in [0.05, 0.1) is 26.8 Å². The molecule has 0 unspecified atom stereocenters. The molecule has 2 aromatic carbocycles. The molecule has 1 amide bonds. The Bertz CT molecular complexity index is 791. The maximum Gasteiger partial charge on any atom is 0.234 e. The molecule has 0 spiro atoms. The Labute approximate surface area is 161 Å². The van der Waals surface area contributed by atoms with Crippen LogP contribution in [-0.2, 0) is 17.8 Å². The van der Waals surface area contributed by atoms with E-state index in [9.17, 15) is 4.79 Å². The Balaban J connectivity index is 1.59. The number of methoxy groups -OCH3 is 2. The van der Waals surface area contributed by atoms with E-state index < -0.39 is 0 Å². The molecule has 0 fully saturated rings. The topological polar surface area (TPSA) is 50.8 Å². The average molecular weight is 368 g/mol. The number of nitrogens with one attached hydrogen (secondary N) is 1. The molecule has 5 heteroatoms. The summed E-state index contributed by atoms with van der Waals surface area (Å²) in [6.07, 6.45) is 3.21. The second-order valence-electron chi connectivity index (χ2n) is 7.06. The Morgan fingerprint density at radius 2 is 2.00 bits per heavy atom. The van der Waals surface area contributed by atoms with Crippen LogP contribution in [0.3, 0.4) is 0 Å². The van der Waals surface area contributed by atoms with Crippen molar-refractivity contribution < 1.29 is 14.3 Å². The van der Waals surface area contributed by atoms with Crippen molar-refractivity contribution in [2.24, 2.45) is 0 Å². The molecule has 1 N–H and O–H groups in total. The standard InChI is InChI=1S/C22H28N2O3/c1-24(14-17-11-12-18(26-2)13-21(17)27-3)15-22(25)23-20-10-6-8-16-7-4-5-9-19(16)20/h4-5,7,9,11-13,20H,6,8,10,14-15H2,1-3H3,(H,23,25)/t20-/m1/s1. The number of nitrogens with zero attached hydrogens (tertiary/aromatic N) is 1. The predicted octanol–water partition coefficient (Wildman–Crippen LogP) is 3.33. The summed E-state index contributed by atoms with van der Waals surface area (Å²) >= 11 is 0. The van der Waals surface area contributed by atoms with Gasteiger partial charge in [0, 0.05) is 18.2 Å². The van der Waals surface area contributed by atoms with E-state index in [1.54, 1.807) is 14.2 Å². The first-order valence-electron chi connectivity index (χ1n) is 9.37. The van der Waals surface area contributed by atoms with Crippen molar-refractivity contribution in [3.8, 4) is 11.5 Å². The molecule has 0 aliphatic heterocycles. The number of rotatable bonds is 7. The average Bonchev–Trinajstić information content (AvgIpc) is 2.68. The van der Waals surface area contributed by atoms with Gasteiger partial charge in [0.25, 0.3) is 0 Å². The molecule has 0 saturated heterocycles. The molecule has 5 nitrogen and oxygen atoms in total. The zero-order valence-corrected chi connectivity index (χ0v) is 16.3. The number of likely N-dealkylation sites (N-methyl/N-ethyl adjacent to an activating group) is 1. The molecular formula is C22H28N2O3. The molecule has 0 saturated carbocycles. The zero-order chi connectivity index (χ0) is 19.2. The van der Waals surface area contributed by atoms with Crippen LogP contribution in [0.2, 0.25) is 0 Å². The quantitative estimate of drug-likeness (QED) is 0.814. The van der Waals surface area contributed by atoms with Crippen molar-refractivity contribution in [2.75, 3.05) is 27.8 Å². The summed E-state index contributed by atoms with van der Waals surface area (Å²) in [4.78, 5) is 14.6. The molecule has 1 aliphatic carbocycles. The van der Waals surface area contributed by atoms with Crippen LogP contribution in [-0.4, -0.2) is 38.6 Å². The van der Waals surface area contributed by atoms with Crippen LogP contribution in [0.25, 0.3) is 0 Å². The van der Waals surface area contributed by atoms with Crippen LogP contribution in [0, 0.1) is 0 Å². The number of aryl methyl sites for hydroxylation is 1.